The predicted molar refractivity (Wildman–Crippen MR) is 75.8 cm³/mol. The van der Waals surface area contributed by atoms with E-state index in [0.29, 0.717) is 0 Å². The van der Waals surface area contributed by atoms with Crippen LogP contribution in [0.2, 0.25) is 0 Å². The lowest BCUT2D eigenvalue weighted by Crippen LogP contribution is -2.24. The molecule has 0 heterocycles. The second kappa shape index (κ2) is 7.11. The second-order valence-corrected chi connectivity index (χ2v) is 8.02. The van der Waals surface area contributed by atoms with Gasteiger partial charge in [0.15, 0.2) is 0 Å². The highest BCUT2D eigenvalue weighted by Crippen LogP contribution is 2.49. The Morgan fingerprint density at radius 1 is 0.789 bits per heavy atom. The van der Waals surface area contributed by atoms with Crippen molar-refractivity contribution in [2.75, 3.05) is 0 Å². The molecule has 19 heavy (non-hydrogen) atoms. The van der Waals surface area contributed by atoms with E-state index in [0.717, 1.165) is 51.4 Å². The van der Waals surface area contributed by atoms with Gasteiger partial charge in [-0.3, -0.25) is 9.05 Å². The van der Waals surface area contributed by atoms with Crippen molar-refractivity contribution in [3.63, 3.8) is 0 Å². The summed E-state index contributed by atoms with van der Waals surface area (Å²) in [6.45, 7) is 0. The van der Waals surface area contributed by atoms with Gasteiger partial charge in [0.2, 0.25) is 0 Å². The van der Waals surface area contributed by atoms with Crippen LogP contribution in [0.1, 0.15) is 51.4 Å². The Morgan fingerprint density at radius 2 is 1.11 bits per heavy atom. The van der Waals surface area contributed by atoms with Crippen molar-refractivity contribution >= 4 is 31.0 Å². The highest BCUT2D eigenvalue weighted by molar-refractivity contribution is 7.47. The summed E-state index contributed by atoms with van der Waals surface area (Å²) in [6.07, 6.45) is 5.74. The highest BCUT2D eigenvalue weighted by Gasteiger charge is 2.33. The van der Waals surface area contributed by atoms with Crippen LogP contribution < -0.4 is 0 Å². The topological polar surface area (TPSA) is 55.8 Å². The summed E-state index contributed by atoms with van der Waals surface area (Å²) in [5.41, 5.74) is 0. The molecule has 2 saturated carbocycles. The normalized spacial score (nSPS) is 39.7. The number of alkyl halides is 2. The fourth-order valence-corrected chi connectivity index (χ4v) is 4.39. The third kappa shape index (κ3) is 5.53. The van der Waals surface area contributed by atoms with Gasteiger partial charge in [-0.2, -0.15) is 0 Å². The highest BCUT2D eigenvalue weighted by atomic mass is 35.5. The van der Waals surface area contributed by atoms with E-state index in [1.54, 1.807) is 0 Å². The molecule has 0 unspecified atom stereocenters. The molecule has 2 rings (SSSR count). The summed E-state index contributed by atoms with van der Waals surface area (Å²) in [5, 5.41) is 0.329. The van der Waals surface area contributed by atoms with Crippen LogP contribution in [0, 0.1) is 0 Å². The SMILES string of the molecule is O=P(O)(OC1CCC(Cl)CC1)OC1CCC(Cl)CC1. The van der Waals surface area contributed by atoms with Gasteiger partial charge in [-0.05, 0) is 51.4 Å². The first kappa shape index (κ1) is 16.1. The monoisotopic (exact) mass is 330 g/mol. The smallest absolute Gasteiger partial charge is 0.302 e. The van der Waals surface area contributed by atoms with Crippen LogP contribution >= 0.6 is 31.0 Å². The van der Waals surface area contributed by atoms with Crippen molar-refractivity contribution in [1.29, 1.82) is 0 Å². The predicted octanol–water partition coefficient (Wildman–Crippen LogP) is 4.22. The van der Waals surface area contributed by atoms with Crippen LogP contribution in [0.3, 0.4) is 0 Å². The van der Waals surface area contributed by atoms with E-state index in [2.05, 4.69) is 0 Å². The summed E-state index contributed by atoms with van der Waals surface area (Å²) in [5.74, 6) is 0. The van der Waals surface area contributed by atoms with Crippen LogP contribution in [0.15, 0.2) is 0 Å². The quantitative estimate of drug-likeness (QED) is 0.619. The van der Waals surface area contributed by atoms with E-state index in [9.17, 15) is 9.46 Å². The lowest BCUT2D eigenvalue weighted by Gasteiger charge is -2.30. The molecule has 2 aliphatic rings. The van der Waals surface area contributed by atoms with Gasteiger partial charge in [0.1, 0.15) is 0 Å². The zero-order valence-electron chi connectivity index (χ0n) is 10.8. The number of rotatable bonds is 4. The lowest BCUT2D eigenvalue weighted by molar-refractivity contribution is 0.0482. The van der Waals surface area contributed by atoms with Gasteiger partial charge < -0.3 is 4.89 Å². The molecule has 7 heteroatoms. The molecule has 1 N–H and O–H groups in total. The van der Waals surface area contributed by atoms with E-state index >= 15 is 0 Å². The summed E-state index contributed by atoms with van der Waals surface area (Å²) in [4.78, 5) is 9.80. The average molecular weight is 331 g/mol. The van der Waals surface area contributed by atoms with Crippen LogP contribution in [0.4, 0.5) is 0 Å². The van der Waals surface area contributed by atoms with Gasteiger partial charge in [-0.1, -0.05) is 0 Å². The molecule has 4 nitrogen and oxygen atoms in total. The summed E-state index contributed by atoms with van der Waals surface area (Å²) < 4.78 is 22.5. The Bertz CT molecular complexity index is 298. The molecule has 0 spiro atoms. The third-order valence-electron chi connectivity index (χ3n) is 3.77. The van der Waals surface area contributed by atoms with Crippen molar-refractivity contribution in [1.82, 2.24) is 0 Å². The zero-order valence-corrected chi connectivity index (χ0v) is 13.2. The van der Waals surface area contributed by atoms with Crippen LogP contribution in [0.25, 0.3) is 0 Å². The molecule has 0 bridgehead atoms. The van der Waals surface area contributed by atoms with Gasteiger partial charge in [-0.25, -0.2) is 4.57 Å². The van der Waals surface area contributed by atoms with E-state index < -0.39 is 7.82 Å². The van der Waals surface area contributed by atoms with Crippen molar-refractivity contribution in [3.05, 3.63) is 0 Å². The lowest BCUT2D eigenvalue weighted by atomic mass is 9.98. The number of phosphoric acid groups is 1. The molecule has 2 fully saturated rings. The molecule has 0 aromatic rings. The summed E-state index contributed by atoms with van der Waals surface area (Å²) in [7, 11) is -3.96. The molecule has 0 radical (unpaired) electrons. The molecule has 0 amide bonds. The van der Waals surface area contributed by atoms with Crippen molar-refractivity contribution < 1.29 is 18.5 Å². The number of halogens is 2. The van der Waals surface area contributed by atoms with Crippen molar-refractivity contribution in [3.8, 4) is 0 Å². The Kier molecular flexibility index (Phi) is 6.01. The summed E-state index contributed by atoms with van der Waals surface area (Å²) in [6, 6.07) is 0. The second-order valence-electron chi connectivity index (χ2n) is 5.43. The van der Waals surface area contributed by atoms with Gasteiger partial charge in [0.25, 0.3) is 0 Å². The molecule has 0 aromatic carbocycles. The van der Waals surface area contributed by atoms with Gasteiger partial charge in [0.05, 0.1) is 12.2 Å². The largest absolute Gasteiger partial charge is 0.472 e. The van der Waals surface area contributed by atoms with Gasteiger partial charge >= 0.3 is 7.82 Å². The molecule has 0 aliphatic heterocycles. The first-order valence-electron chi connectivity index (χ1n) is 6.92. The Hall–Kier alpha value is 0.690. The van der Waals surface area contributed by atoms with E-state index in [-0.39, 0.29) is 23.0 Å². The molecule has 0 saturated heterocycles. The maximum Gasteiger partial charge on any atom is 0.472 e. The minimum Gasteiger partial charge on any atom is -0.302 e. The molecule has 0 atom stereocenters. The Morgan fingerprint density at radius 3 is 1.42 bits per heavy atom. The van der Waals surface area contributed by atoms with Gasteiger partial charge in [-0.15, -0.1) is 23.2 Å². The Labute approximate surface area is 124 Å². The van der Waals surface area contributed by atoms with Crippen molar-refractivity contribution in [2.24, 2.45) is 0 Å². The molecular weight excluding hydrogens is 310 g/mol. The van der Waals surface area contributed by atoms with E-state index in [4.69, 9.17) is 32.2 Å². The molecule has 2 aliphatic carbocycles. The average Bonchev–Trinajstić information content (AvgIpc) is 2.34. The number of phosphoric ester groups is 1. The van der Waals surface area contributed by atoms with E-state index in [1.165, 1.54) is 0 Å². The summed E-state index contributed by atoms with van der Waals surface area (Å²) >= 11 is 12.0. The minimum atomic E-state index is -3.96. The first-order chi connectivity index (χ1) is 8.94. The van der Waals surface area contributed by atoms with Crippen LogP contribution in [0.5, 0.6) is 0 Å². The number of hydrogen-bond acceptors (Lipinski definition) is 3. The third-order valence-corrected chi connectivity index (χ3v) is 5.77. The van der Waals surface area contributed by atoms with Crippen molar-refractivity contribution in [2.45, 2.75) is 74.3 Å². The number of hydrogen-bond donors (Lipinski definition) is 1. The van der Waals surface area contributed by atoms with Crippen LogP contribution in [-0.4, -0.2) is 27.9 Å². The first-order valence-corrected chi connectivity index (χ1v) is 9.29. The van der Waals surface area contributed by atoms with Gasteiger partial charge in [0, 0.05) is 10.8 Å². The van der Waals surface area contributed by atoms with E-state index in [1.807, 2.05) is 0 Å². The molecule has 0 aromatic heterocycles. The van der Waals surface area contributed by atoms with Crippen LogP contribution in [-0.2, 0) is 13.6 Å². The zero-order chi connectivity index (χ0) is 13.9. The Balaban J connectivity index is 1.76. The fourth-order valence-electron chi connectivity index (χ4n) is 2.66. The standard InChI is InChI=1S/C12H21Cl2O4P/c13-9-1-5-11(6-2-9)17-19(15,16)18-12-7-3-10(14)4-8-12/h9-12H,1-8H2,(H,15,16). The minimum absolute atomic E-state index is 0.165. The maximum atomic E-state index is 12.0. The fraction of sp³-hybridized carbons (Fsp3) is 1.00. The molecular formula is C12H21Cl2O4P. The molecule has 112 valence electrons. The maximum absolute atomic E-state index is 12.0.